The highest BCUT2D eigenvalue weighted by Crippen LogP contribution is 2.12. The SMILES string of the molecule is CCNC1COCC1CNCCc1csc(C)n1. The van der Waals surface area contributed by atoms with Gasteiger partial charge in [-0.25, -0.2) is 4.98 Å². The van der Waals surface area contributed by atoms with Gasteiger partial charge in [0.25, 0.3) is 0 Å². The molecule has 5 heteroatoms. The Morgan fingerprint density at radius 3 is 3.11 bits per heavy atom. The molecule has 0 amide bonds. The van der Waals surface area contributed by atoms with Gasteiger partial charge in [0.1, 0.15) is 0 Å². The lowest BCUT2D eigenvalue weighted by atomic mass is 10.0. The normalized spacial score (nSPS) is 23.7. The van der Waals surface area contributed by atoms with Crippen LogP contribution >= 0.6 is 11.3 Å². The lowest BCUT2D eigenvalue weighted by Crippen LogP contribution is -2.40. The Kier molecular flexibility index (Phi) is 5.56. The first kappa shape index (κ1) is 13.9. The van der Waals surface area contributed by atoms with Crippen LogP contribution in [-0.2, 0) is 11.2 Å². The quantitative estimate of drug-likeness (QED) is 0.730. The fourth-order valence-electron chi connectivity index (χ4n) is 2.31. The molecule has 1 saturated heterocycles. The largest absolute Gasteiger partial charge is 0.379 e. The first-order chi connectivity index (χ1) is 8.79. The second-order valence-corrected chi connectivity index (χ2v) is 5.84. The van der Waals surface area contributed by atoms with E-state index in [-0.39, 0.29) is 0 Å². The summed E-state index contributed by atoms with van der Waals surface area (Å²) < 4.78 is 5.53. The third-order valence-corrected chi connectivity index (χ3v) is 4.12. The number of aromatic nitrogens is 1. The standard InChI is InChI=1S/C13H23N3OS/c1-3-15-13-8-17-7-11(13)6-14-5-4-12-9-18-10(2)16-12/h9,11,13-15H,3-8H2,1-2H3. The van der Waals surface area contributed by atoms with E-state index in [1.54, 1.807) is 11.3 Å². The van der Waals surface area contributed by atoms with Gasteiger partial charge in [-0.1, -0.05) is 6.92 Å². The van der Waals surface area contributed by atoms with Crippen LogP contribution in [0.4, 0.5) is 0 Å². The summed E-state index contributed by atoms with van der Waals surface area (Å²) in [5.41, 5.74) is 1.20. The zero-order chi connectivity index (χ0) is 12.8. The van der Waals surface area contributed by atoms with Crippen molar-refractivity contribution >= 4 is 11.3 Å². The number of rotatable bonds is 7. The summed E-state index contributed by atoms with van der Waals surface area (Å²) in [7, 11) is 0. The molecule has 2 unspecified atom stereocenters. The minimum Gasteiger partial charge on any atom is -0.379 e. The molecule has 1 aliphatic heterocycles. The molecule has 0 radical (unpaired) electrons. The van der Waals surface area contributed by atoms with Gasteiger partial charge in [0.05, 0.1) is 23.9 Å². The number of ether oxygens (including phenoxy) is 1. The van der Waals surface area contributed by atoms with Crippen LogP contribution in [0.5, 0.6) is 0 Å². The van der Waals surface area contributed by atoms with Crippen molar-refractivity contribution in [3.05, 3.63) is 16.1 Å². The molecule has 0 aliphatic carbocycles. The second-order valence-electron chi connectivity index (χ2n) is 4.77. The maximum absolute atomic E-state index is 5.53. The molecule has 2 atom stereocenters. The van der Waals surface area contributed by atoms with E-state index in [2.05, 4.69) is 34.8 Å². The van der Waals surface area contributed by atoms with E-state index in [0.29, 0.717) is 12.0 Å². The van der Waals surface area contributed by atoms with E-state index in [1.165, 1.54) is 5.69 Å². The molecule has 1 aromatic heterocycles. The van der Waals surface area contributed by atoms with Crippen molar-refractivity contribution in [1.29, 1.82) is 0 Å². The van der Waals surface area contributed by atoms with Crippen molar-refractivity contribution in [3.63, 3.8) is 0 Å². The predicted octanol–water partition coefficient (Wildman–Crippen LogP) is 1.21. The van der Waals surface area contributed by atoms with Gasteiger partial charge in [-0.05, 0) is 13.5 Å². The zero-order valence-electron chi connectivity index (χ0n) is 11.2. The summed E-state index contributed by atoms with van der Waals surface area (Å²) >= 11 is 1.73. The predicted molar refractivity (Wildman–Crippen MR) is 75.2 cm³/mol. The Morgan fingerprint density at radius 2 is 2.39 bits per heavy atom. The van der Waals surface area contributed by atoms with Gasteiger partial charge < -0.3 is 15.4 Å². The number of hydrogen-bond acceptors (Lipinski definition) is 5. The molecule has 102 valence electrons. The molecule has 2 rings (SSSR count). The molecular formula is C13H23N3OS. The second kappa shape index (κ2) is 7.19. The van der Waals surface area contributed by atoms with E-state index >= 15 is 0 Å². The highest BCUT2D eigenvalue weighted by Gasteiger charge is 2.26. The van der Waals surface area contributed by atoms with E-state index in [0.717, 1.165) is 44.3 Å². The highest BCUT2D eigenvalue weighted by atomic mass is 32.1. The smallest absolute Gasteiger partial charge is 0.0897 e. The molecule has 2 N–H and O–H groups in total. The number of hydrogen-bond donors (Lipinski definition) is 2. The van der Waals surface area contributed by atoms with Gasteiger partial charge in [-0.15, -0.1) is 11.3 Å². The first-order valence-corrected chi connectivity index (χ1v) is 7.60. The third kappa shape index (κ3) is 4.02. The Morgan fingerprint density at radius 1 is 1.50 bits per heavy atom. The number of likely N-dealkylation sites (N-methyl/N-ethyl adjacent to an activating group) is 1. The lowest BCUT2D eigenvalue weighted by molar-refractivity contribution is 0.182. The summed E-state index contributed by atoms with van der Waals surface area (Å²) in [4.78, 5) is 4.47. The molecule has 0 bridgehead atoms. The highest BCUT2D eigenvalue weighted by molar-refractivity contribution is 7.09. The third-order valence-electron chi connectivity index (χ3n) is 3.30. The molecule has 0 spiro atoms. The van der Waals surface area contributed by atoms with E-state index in [1.807, 2.05) is 0 Å². The van der Waals surface area contributed by atoms with Crippen LogP contribution in [0, 0.1) is 12.8 Å². The van der Waals surface area contributed by atoms with Crippen LogP contribution in [0.3, 0.4) is 0 Å². The monoisotopic (exact) mass is 269 g/mol. The molecule has 18 heavy (non-hydrogen) atoms. The minimum atomic E-state index is 0.518. The molecule has 1 aromatic rings. The van der Waals surface area contributed by atoms with E-state index in [9.17, 15) is 0 Å². The van der Waals surface area contributed by atoms with Gasteiger partial charge in [0, 0.05) is 36.9 Å². The van der Waals surface area contributed by atoms with Gasteiger partial charge >= 0.3 is 0 Å². The van der Waals surface area contributed by atoms with Gasteiger partial charge in [0.15, 0.2) is 0 Å². The number of nitrogens with one attached hydrogen (secondary N) is 2. The van der Waals surface area contributed by atoms with Crippen LogP contribution < -0.4 is 10.6 Å². The van der Waals surface area contributed by atoms with Crippen LogP contribution in [-0.4, -0.2) is 43.9 Å². The lowest BCUT2D eigenvalue weighted by Gasteiger charge is -2.18. The number of nitrogens with zero attached hydrogens (tertiary/aromatic N) is 1. The van der Waals surface area contributed by atoms with Crippen molar-refractivity contribution in [2.45, 2.75) is 26.3 Å². The average Bonchev–Trinajstić information content (AvgIpc) is 2.95. The van der Waals surface area contributed by atoms with E-state index in [4.69, 9.17) is 4.74 Å². The maximum atomic E-state index is 5.53. The molecule has 4 nitrogen and oxygen atoms in total. The zero-order valence-corrected chi connectivity index (χ0v) is 12.1. The Bertz CT molecular complexity index is 356. The van der Waals surface area contributed by atoms with Gasteiger partial charge in [-0.3, -0.25) is 0 Å². The molecule has 1 aliphatic rings. The Labute approximate surface area is 113 Å². The van der Waals surface area contributed by atoms with Crippen LogP contribution in [0.2, 0.25) is 0 Å². The van der Waals surface area contributed by atoms with E-state index < -0.39 is 0 Å². The van der Waals surface area contributed by atoms with Crippen LogP contribution in [0.15, 0.2) is 5.38 Å². The topological polar surface area (TPSA) is 46.2 Å². The first-order valence-electron chi connectivity index (χ1n) is 6.72. The fraction of sp³-hybridized carbons (Fsp3) is 0.769. The Balaban J connectivity index is 1.63. The summed E-state index contributed by atoms with van der Waals surface area (Å²) in [5, 5.41) is 10.3. The fourth-order valence-corrected chi connectivity index (χ4v) is 2.96. The summed E-state index contributed by atoms with van der Waals surface area (Å²) in [5.74, 6) is 0.599. The van der Waals surface area contributed by atoms with Crippen LogP contribution in [0.25, 0.3) is 0 Å². The molecule has 1 fully saturated rings. The van der Waals surface area contributed by atoms with Crippen molar-refractivity contribution in [2.75, 3.05) is 32.8 Å². The number of aryl methyl sites for hydroxylation is 1. The van der Waals surface area contributed by atoms with Crippen LogP contribution in [0.1, 0.15) is 17.6 Å². The van der Waals surface area contributed by atoms with Crippen molar-refractivity contribution in [3.8, 4) is 0 Å². The van der Waals surface area contributed by atoms with Crippen molar-refractivity contribution in [1.82, 2.24) is 15.6 Å². The van der Waals surface area contributed by atoms with Crippen molar-refractivity contribution in [2.24, 2.45) is 5.92 Å². The maximum Gasteiger partial charge on any atom is 0.0897 e. The molecule has 0 aromatic carbocycles. The summed E-state index contributed by atoms with van der Waals surface area (Å²) in [6.07, 6.45) is 1.02. The Hall–Kier alpha value is -0.490. The van der Waals surface area contributed by atoms with Gasteiger partial charge in [-0.2, -0.15) is 0 Å². The summed E-state index contributed by atoms with van der Waals surface area (Å²) in [6, 6.07) is 0.518. The van der Waals surface area contributed by atoms with Gasteiger partial charge in [0.2, 0.25) is 0 Å². The number of thiazole rings is 1. The molecule has 0 saturated carbocycles. The average molecular weight is 269 g/mol. The molecular weight excluding hydrogens is 246 g/mol. The van der Waals surface area contributed by atoms with Crippen molar-refractivity contribution < 1.29 is 4.74 Å². The molecule has 2 heterocycles. The minimum absolute atomic E-state index is 0.518. The summed E-state index contributed by atoms with van der Waals surface area (Å²) in [6.45, 7) is 8.97.